The molecule has 1 aromatic carbocycles. The molecule has 3 aromatic rings. The normalized spacial score (nSPS) is 15.2. The van der Waals surface area contributed by atoms with Gasteiger partial charge < -0.3 is 15.4 Å². The Labute approximate surface area is 156 Å². The van der Waals surface area contributed by atoms with Crippen LogP contribution < -0.4 is 10.6 Å². The molecule has 140 valence electrons. The summed E-state index contributed by atoms with van der Waals surface area (Å²) in [6.45, 7) is 3.60. The van der Waals surface area contributed by atoms with E-state index < -0.39 is 0 Å². The summed E-state index contributed by atoms with van der Waals surface area (Å²) in [7, 11) is 0. The predicted octanol–water partition coefficient (Wildman–Crippen LogP) is 1.57. The number of fused-ring (bicyclic) bond motifs is 1. The zero-order valence-corrected chi connectivity index (χ0v) is 15.1. The summed E-state index contributed by atoms with van der Waals surface area (Å²) in [5.74, 6) is 0.966. The van der Waals surface area contributed by atoms with E-state index in [-0.39, 0.29) is 11.9 Å². The van der Waals surface area contributed by atoms with Gasteiger partial charge in [0.15, 0.2) is 11.6 Å². The molecule has 3 heterocycles. The van der Waals surface area contributed by atoms with Crippen molar-refractivity contribution in [3.8, 4) is 5.82 Å². The van der Waals surface area contributed by atoms with Crippen molar-refractivity contribution in [3.63, 3.8) is 0 Å². The summed E-state index contributed by atoms with van der Waals surface area (Å²) in [5.41, 5.74) is 8.44. The van der Waals surface area contributed by atoms with E-state index in [4.69, 9.17) is 10.5 Å². The number of para-hydroxylation sites is 1. The minimum atomic E-state index is -0.123. The Hall–Kier alpha value is -3.23. The van der Waals surface area contributed by atoms with Crippen LogP contribution in [0.2, 0.25) is 0 Å². The molecule has 1 saturated heterocycles. The first-order valence-corrected chi connectivity index (χ1v) is 9.02. The summed E-state index contributed by atoms with van der Waals surface area (Å²) < 4.78 is 6.75. The molecule has 9 heteroatoms. The monoisotopic (exact) mass is 367 g/mol. The average molecular weight is 367 g/mol. The fourth-order valence-corrected chi connectivity index (χ4v) is 3.41. The summed E-state index contributed by atoms with van der Waals surface area (Å²) in [6, 6.07) is 7.63. The van der Waals surface area contributed by atoms with Crippen molar-refractivity contribution in [2.24, 2.45) is 5.92 Å². The topological polar surface area (TPSA) is 112 Å². The second-order valence-electron chi connectivity index (χ2n) is 6.44. The Bertz CT molecular complexity index is 963. The average Bonchev–Trinajstić information content (AvgIpc) is 3.12. The van der Waals surface area contributed by atoms with Crippen molar-refractivity contribution in [2.45, 2.75) is 19.8 Å². The number of ether oxygens (including phenoxy) is 1. The molecule has 0 unspecified atom stereocenters. The molecule has 0 amide bonds. The van der Waals surface area contributed by atoms with Gasteiger partial charge in [0.1, 0.15) is 17.5 Å². The van der Waals surface area contributed by atoms with Crippen LogP contribution in [0.1, 0.15) is 19.8 Å². The molecule has 0 radical (unpaired) electrons. The van der Waals surface area contributed by atoms with E-state index in [0.29, 0.717) is 49.9 Å². The van der Waals surface area contributed by atoms with E-state index >= 15 is 0 Å². The van der Waals surface area contributed by atoms with Gasteiger partial charge in [0.25, 0.3) is 0 Å². The van der Waals surface area contributed by atoms with Crippen LogP contribution in [-0.2, 0) is 9.53 Å². The third-order valence-corrected chi connectivity index (χ3v) is 4.81. The number of aromatic nitrogens is 5. The van der Waals surface area contributed by atoms with Crippen LogP contribution in [0.5, 0.6) is 0 Å². The van der Waals surface area contributed by atoms with Crippen molar-refractivity contribution in [1.29, 1.82) is 0 Å². The zero-order chi connectivity index (χ0) is 18.8. The molecule has 1 aliphatic heterocycles. The van der Waals surface area contributed by atoms with Crippen LogP contribution in [0.3, 0.4) is 0 Å². The number of nitrogen functional groups attached to an aromatic ring is 1. The smallest absolute Gasteiger partial charge is 0.309 e. The first kappa shape index (κ1) is 17.2. The van der Waals surface area contributed by atoms with Gasteiger partial charge in [-0.05, 0) is 31.9 Å². The first-order chi connectivity index (χ1) is 13.2. The molecule has 2 N–H and O–H groups in total. The quantitative estimate of drug-likeness (QED) is 0.692. The largest absolute Gasteiger partial charge is 0.466 e. The summed E-state index contributed by atoms with van der Waals surface area (Å²) in [6.07, 6.45) is 2.91. The van der Waals surface area contributed by atoms with Crippen LogP contribution in [0.15, 0.2) is 30.6 Å². The van der Waals surface area contributed by atoms with Crippen molar-refractivity contribution in [3.05, 3.63) is 30.6 Å². The minimum absolute atomic E-state index is 0.0667. The Morgan fingerprint density at radius 1 is 1.22 bits per heavy atom. The standard InChI is InChI=1S/C18H21N7O2/c1-2-27-18(26)12-7-9-24(10-8-12)16-15(19)17(21-11-20-16)25-14-6-4-3-5-13(14)22-23-25/h3-6,11-12H,2,7-10,19H2,1H3. The Kier molecular flexibility index (Phi) is 4.57. The van der Waals surface area contributed by atoms with E-state index in [1.54, 1.807) is 4.68 Å². The lowest BCUT2D eigenvalue weighted by Gasteiger charge is -2.32. The number of nitrogens with two attached hydrogens (primary N) is 1. The van der Waals surface area contributed by atoms with Crippen molar-refractivity contribution in [1.82, 2.24) is 25.0 Å². The van der Waals surface area contributed by atoms with E-state index in [2.05, 4.69) is 25.2 Å². The number of anilines is 2. The number of rotatable bonds is 4. The molecule has 0 bridgehead atoms. The molecule has 4 rings (SSSR count). The third-order valence-electron chi connectivity index (χ3n) is 4.81. The van der Waals surface area contributed by atoms with E-state index in [1.807, 2.05) is 31.2 Å². The second kappa shape index (κ2) is 7.18. The van der Waals surface area contributed by atoms with Gasteiger partial charge in [-0.2, -0.15) is 4.68 Å². The number of carbonyl (C=O) groups is 1. The van der Waals surface area contributed by atoms with Crippen molar-refractivity contribution < 1.29 is 9.53 Å². The van der Waals surface area contributed by atoms with Gasteiger partial charge >= 0.3 is 5.97 Å². The van der Waals surface area contributed by atoms with Gasteiger partial charge in [-0.1, -0.05) is 17.3 Å². The maximum atomic E-state index is 11.9. The molecule has 0 saturated carbocycles. The lowest BCUT2D eigenvalue weighted by atomic mass is 9.97. The number of piperidine rings is 1. The number of benzene rings is 1. The van der Waals surface area contributed by atoms with Crippen LogP contribution in [0.25, 0.3) is 16.9 Å². The first-order valence-electron chi connectivity index (χ1n) is 9.02. The number of hydrogen-bond acceptors (Lipinski definition) is 8. The lowest BCUT2D eigenvalue weighted by molar-refractivity contribution is -0.148. The van der Waals surface area contributed by atoms with Crippen LogP contribution in [-0.4, -0.2) is 50.6 Å². The molecule has 0 atom stereocenters. The summed E-state index contributed by atoms with van der Waals surface area (Å²) in [4.78, 5) is 22.7. The van der Waals surface area contributed by atoms with Crippen molar-refractivity contribution >= 4 is 28.5 Å². The van der Waals surface area contributed by atoms with Crippen LogP contribution in [0, 0.1) is 5.92 Å². The number of hydrogen-bond donors (Lipinski definition) is 1. The van der Waals surface area contributed by atoms with Crippen molar-refractivity contribution in [2.75, 3.05) is 30.3 Å². The number of carbonyl (C=O) groups excluding carboxylic acids is 1. The molecular formula is C18H21N7O2. The van der Waals surface area contributed by atoms with Gasteiger partial charge in [-0.25, -0.2) is 9.97 Å². The minimum Gasteiger partial charge on any atom is -0.466 e. The van der Waals surface area contributed by atoms with E-state index in [9.17, 15) is 4.79 Å². The van der Waals surface area contributed by atoms with Gasteiger partial charge in [0.05, 0.1) is 18.0 Å². The zero-order valence-electron chi connectivity index (χ0n) is 15.1. The van der Waals surface area contributed by atoms with Gasteiger partial charge in [-0.15, -0.1) is 5.10 Å². The molecule has 0 aliphatic carbocycles. The summed E-state index contributed by atoms with van der Waals surface area (Å²) in [5, 5.41) is 8.34. The number of nitrogens with zero attached hydrogens (tertiary/aromatic N) is 6. The van der Waals surface area contributed by atoms with E-state index in [1.165, 1.54) is 6.33 Å². The Morgan fingerprint density at radius 2 is 1.96 bits per heavy atom. The second-order valence-corrected chi connectivity index (χ2v) is 6.44. The molecule has 9 nitrogen and oxygen atoms in total. The molecule has 1 aliphatic rings. The van der Waals surface area contributed by atoms with Crippen LogP contribution in [0.4, 0.5) is 11.5 Å². The SMILES string of the molecule is CCOC(=O)C1CCN(c2ncnc(-n3nnc4ccccc43)c2N)CC1. The highest BCUT2D eigenvalue weighted by Crippen LogP contribution is 2.30. The van der Waals surface area contributed by atoms with Crippen LogP contribution >= 0.6 is 0 Å². The third kappa shape index (κ3) is 3.16. The summed E-state index contributed by atoms with van der Waals surface area (Å²) >= 11 is 0. The molecular weight excluding hydrogens is 346 g/mol. The molecule has 0 spiro atoms. The van der Waals surface area contributed by atoms with E-state index in [0.717, 1.165) is 11.0 Å². The predicted molar refractivity (Wildman–Crippen MR) is 100 cm³/mol. The number of esters is 1. The molecule has 27 heavy (non-hydrogen) atoms. The maximum absolute atomic E-state index is 11.9. The Morgan fingerprint density at radius 3 is 2.74 bits per heavy atom. The fourth-order valence-electron chi connectivity index (χ4n) is 3.41. The molecule has 2 aromatic heterocycles. The highest BCUT2D eigenvalue weighted by molar-refractivity contribution is 5.79. The molecule has 1 fully saturated rings. The fraction of sp³-hybridized carbons (Fsp3) is 0.389. The van der Waals surface area contributed by atoms with Gasteiger partial charge in [0.2, 0.25) is 0 Å². The van der Waals surface area contributed by atoms with Gasteiger partial charge in [-0.3, -0.25) is 4.79 Å². The highest BCUT2D eigenvalue weighted by Gasteiger charge is 2.28. The highest BCUT2D eigenvalue weighted by atomic mass is 16.5. The lowest BCUT2D eigenvalue weighted by Crippen LogP contribution is -2.38. The van der Waals surface area contributed by atoms with Gasteiger partial charge in [0, 0.05) is 13.1 Å². The maximum Gasteiger partial charge on any atom is 0.309 e. The Balaban J connectivity index is 1.59.